The van der Waals surface area contributed by atoms with E-state index >= 15 is 0 Å². The van der Waals surface area contributed by atoms with Crippen molar-refractivity contribution < 1.29 is 0 Å². The molecule has 0 spiro atoms. The van der Waals surface area contributed by atoms with Gasteiger partial charge in [0, 0.05) is 44.1 Å². The Morgan fingerprint density at radius 1 is 1.31 bits per heavy atom. The highest BCUT2D eigenvalue weighted by Gasteiger charge is 2.20. The standard InChI is InChI=1S/C11H19N3.2ClH/c1-2-11(10-4-3-5-13-10)14-8-6-12-7-9-14;;/h3-5,11-13H,2,6-9H2,1H3;2*1H/t11-;;/m1../s1. The van der Waals surface area contributed by atoms with Crippen LogP contribution in [0.3, 0.4) is 0 Å². The van der Waals surface area contributed by atoms with E-state index in [1.165, 1.54) is 12.1 Å². The molecule has 2 heterocycles. The predicted molar refractivity (Wildman–Crippen MR) is 72.8 cm³/mol. The van der Waals surface area contributed by atoms with Crippen molar-refractivity contribution >= 4 is 24.8 Å². The first-order valence-corrected chi connectivity index (χ1v) is 5.50. The first-order chi connectivity index (χ1) is 6.92. The maximum absolute atomic E-state index is 3.39. The van der Waals surface area contributed by atoms with Crippen molar-refractivity contribution in [3.05, 3.63) is 24.0 Å². The lowest BCUT2D eigenvalue weighted by Crippen LogP contribution is -2.45. The highest BCUT2D eigenvalue weighted by molar-refractivity contribution is 5.85. The second-order valence-electron chi connectivity index (χ2n) is 3.84. The third kappa shape index (κ3) is 3.67. The zero-order valence-electron chi connectivity index (χ0n) is 9.61. The molecular weight excluding hydrogens is 245 g/mol. The molecule has 94 valence electrons. The van der Waals surface area contributed by atoms with E-state index in [2.05, 4.69) is 34.3 Å². The van der Waals surface area contributed by atoms with Crippen LogP contribution in [0.2, 0.25) is 0 Å². The van der Waals surface area contributed by atoms with Gasteiger partial charge in [-0.1, -0.05) is 6.92 Å². The second kappa shape index (κ2) is 7.96. The summed E-state index contributed by atoms with van der Waals surface area (Å²) in [7, 11) is 0. The summed E-state index contributed by atoms with van der Waals surface area (Å²) in [5.74, 6) is 0. The van der Waals surface area contributed by atoms with Gasteiger partial charge in [-0.3, -0.25) is 4.90 Å². The van der Waals surface area contributed by atoms with Gasteiger partial charge in [-0.25, -0.2) is 0 Å². The van der Waals surface area contributed by atoms with Crippen LogP contribution in [0.1, 0.15) is 25.1 Å². The Balaban J connectivity index is 0.00000112. The molecule has 1 aromatic heterocycles. The summed E-state index contributed by atoms with van der Waals surface area (Å²) < 4.78 is 0. The molecule has 1 aliphatic heterocycles. The smallest absolute Gasteiger partial charge is 0.0496 e. The number of hydrogen-bond acceptors (Lipinski definition) is 2. The molecule has 0 aromatic carbocycles. The number of hydrogen-bond donors (Lipinski definition) is 2. The maximum atomic E-state index is 3.39. The lowest BCUT2D eigenvalue weighted by Gasteiger charge is -2.33. The van der Waals surface area contributed by atoms with E-state index in [1.54, 1.807) is 0 Å². The lowest BCUT2D eigenvalue weighted by atomic mass is 10.1. The minimum absolute atomic E-state index is 0. The third-order valence-electron chi connectivity index (χ3n) is 2.96. The van der Waals surface area contributed by atoms with Gasteiger partial charge in [0.05, 0.1) is 0 Å². The first-order valence-electron chi connectivity index (χ1n) is 5.50. The van der Waals surface area contributed by atoms with Crippen molar-refractivity contribution in [1.29, 1.82) is 0 Å². The molecule has 0 radical (unpaired) electrons. The number of piperazine rings is 1. The molecule has 5 heteroatoms. The van der Waals surface area contributed by atoms with Crippen molar-refractivity contribution in [1.82, 2.24) is 15.2 Å². The Bertz CT molecular complexity index is 258. The Kier molecular flexibility index (Phi) is 7.85. The number of nitrogens with zero attached hydrogens (tertiary/aromatic N) is 1. The van der Waals surface area contributed by atoms with Crippen LogP contribution in [0, 0.1) is 0 Å². The highest BCUT2D eigenvalue weighted by atomic mass is 35.5. The van der Waals surface area contributed by atoms with Gasteiger partial charge in [-0.15, -0.1) is 24.8 Å². The number of aromatic nitrogens is 1. The third-order valence-corrected chi connectivity index (χ3v) is 2.96. The second-order valence-corrected chi connectivity index (χ2v) is 3.84. The van der Waals surface area contributed by atoms with Gasteiger partial charge >= 0.3 is 0 Å². The monoisotopic (exact) mass is 265 g/mol. The number of H-pyrrole nitrogens is 1. The molecule has 1 aliphatic rings. The van der Waals surface area contributed by atoms with E-state index in [0.717, 1.165) is 26.2 Å². The SMILES string of the molecule is CC[C@H](c1ccc[nH]1)N1CCNCC1.Cl.Cl. The molecular formula is C11H21Cl2N3. The van der Waals surface area contributed by atoms with Crippen molar-refractivity contribution in [3.63, 3.8) is 0 Å². The Hall–Kier alpha value is -0.220. The number of rotatable bonds is 3. The van der Waals surface area contributed by atoms with E-state index < -0.39 is 0 Å². The number of halogens is 2. The van der Waals surface area contributed by atoms with Gasteiger partial charge in [0.2, 0.25) is 0 Å². The summed E-state index contributed by atoms with van der Waals surface area (Å²) in [6.45, 7) is 6.83. The fraction of sp³-hybridized carbons (Fsp3) is 0.636. The summed E-state index contributed by atoms with van der Waals surface area (Å²) >= 11 is 0. The Labute approximate surface area is 110 Å². The molecule has 2 rings (SSSR count). The van der Waals surface area contributed by atoms with Gasteiger partial charge in [0.1, 0.15) is 0 Å². The fourth-order valence-electron chi connectivity index (χ4n) is 2.22. The summed E-state index contributed by atoms with van der Waals surface area (Å²) in [5.41, 5.74) is 1.36. The predicted octanol–water partition coefficient (Wildman–Crippen LogP) is 2.21. The van der Waals surface area contributed by atoms with E-state index in [9.17, 15) is 0 Å². The van der Waals surface area contributed by atoms with E-state index in [4.69, 9.17) is 0 Å². The molecule has 16 heavy (non-hydrogen) atoms. The maximum Gasteiger partial charge on any atom is 0.0496 e. The molecule has 2 N–H and O–H groups in total. The van der Waals surface area contributed by atoms with E-state index in [0.29, 0.717) is 6.04 Å². The van der Waals surface area contributed by atoms with Crippen LogP contribution in [-0.4, -0.2) is 36.1 Å². The molecule has 1 aromatic rings. The van der Waals surface area contributed by atoms with E-state index in [1.807, 2.05) is 6.20 Å². The molecule has 3 nitrogen and oxygen atoms in total. The molecule has 0 amide bonds. The van der Waals surface area contributed by atoms with Crippen LogP contribution in [0.25, 0.3) is 0 Å². The molecule has 1 saturated heterocycles. The van der Waals surface area contributed by atoms with Crippen molar-refractivity contribution in [2.45, 2.75) is 19.4 Å². The van der Waals surface area contributed by atoms with Gasteiger partial charge < -0.3 is 10.3 Å². The lowest BCUT2D eigenvalue weighted by molar-refractivity contribution is 0.166. The van der Waals surface area contributed by atoms with Gasteiger partial charge in [-0.05, 0) is 18.6 Å². The Morgan fingerprint density at radius 3 is 2.50 bits per heavy atom. The average Bonchev–Trinajstić information content (AvgIpc) is 2.74. The quantitative estimate of drug-likeness (QED) is 0.879. The molecule has 0 aliphatic carbocycles. The zero-order valence-corrected chi connectivity index (χ0v) is 11.2. The summed E-state index contributed by atoms with van der Waals surface area (Å²) in [4.78, 5) is 5.88. The van der Waals surface area contributed by atoms with Crippen LogP contribution >= 0.6 is 24.8 Å². The van der Waals surface area contributed by atoms with Crippen LogP contribution in [0.5, 0.6) is 0 Å². The van der Waals surface area contributed by atoms with Crippen LogP contribution in [0.4, 0.5) is 0 Å². The van der Waals surface area contributed by atoms with Crippen LogP contribution < -0.4 is 5.32 Å². The minimum Gasteiger partial charge on any atom is -0.364 e. The molecule has 0 saturated carbocycles. The topological polar surface area (TPSA) is 31.1 Å². The van der Waals surface area contributed by atoms with Gasteiger partial charge in [-0.2, -0.15) is 0 Å². The Morgan fingerprint density at radius 2 is 2.00 bits per heavy atom. The summed E-state index contributed by atoms with van der Waals surface area (Å²) in [5, 5.41) is 3.39. The van der Waals surface area contributed by atoms with Crippen molar-refractivity contribution in [3.8, 4) is 0 Å². The van der Waals surface area contributed by atoms with Gasteiger partial charge in [0.25, 0.3) is 0 Å². The summed E-state index contributed by atoms with van der Waals surface area (Å²) in [6, 6.07) is 4.85. The molecule has 1 fully saturated rings. The first kappa shape index (κ1) is 15.8. The molecule has 0 bridgehead atoms. The molecule has 0 unspecified atom stereocenters. The van der Waals surface area contributed by atoms with Gasteiger partial charge in [0.15, 0.2) is 0 Å². The average molecular weight is 266 g/mol. The van der Waals surface area contributed by atoms with Crippen LogP contribution in [0.15, 0.2) is 18.3 Å². The number of aromatic amines is 1. The van der Waals surface area contributed by atoms with Crippen molar-refractivity contribution in [2.24, 2.45) is 0 Å². The van der Waals surface area contributed by atoms with E-state index in [-0.39, 0.29) is 24.8 Å². The summed E-state index contributed by atoms with van der Waals surface area (Å²) in [6.07, 6.45) is 3.20. The fourth-order valence-corrected chi connectivity index (χ4v) is 2.22. The number of nitrogens with one attached hydrogen (secondary N) is 2. The molecule has 1 atom stereocenters. The normalized spacial score (nSPS) is 18.3. The van der Waals surface area contributed by atoms with Crippen molar-refractivity contribution in [2.75, 3.05) is 26.2 Å². The highest BCUT2D eigenvalue weighted by Crippen LogP contribution is 2.22. The van der Waals surface area contributed by atoms with Crippen LogP contribution in [-0.2, 0) is 0 Å². The minimum atomic E-state index is 0. The zero-order chi connectivity index (χ0) is 9.80. The largest absolute Gasteiger partial charge is 0.364 e.